The molecule has 0 radical (unpaired) electrons. The zero-order valence-electron chi connectivity index (χ0n) is 13.5. The molecule has 0 bridgehead atoms. The summed E-state index contributed by atoms with van der Waals surface area (Å²) in [5.41, 5.74) is -0.484. The van der Waals surface area contributed by atoms with Crippen LogP contribution in [0.15, 0.2) is 18.2 Å². The Morgan fingerprint density at radius 1 is 1.25 bits per heavy atom. The molecule has 0 saturated carbocycles. The van der Waals surface area contributed by atoms with Gasteiger partial charge in [0.15, 0.2) is 11.5 Å². The van der Waals surface area contributed by atoms with Crippen LogP contribution in [0.4, 0.5) is 10.5 Å². The number of benzene rings is 1. The van der Waals surface area contributed by atoms with Crippen LogP contribution in [-0.2, 0) is 9.59 Å². The van der Waals surface area contributed by atoms with Crippen molar-refractivity contribution < 1.29 is 23.9 Å². The first-order chi connectivity index (χ1) is 11.4. The summed E-state index contributed by atoms with van der Waals surface area (Å²) in [4.78, 5) is 36.9. The number of rotatable bonds is 3. The van der Waals surface area contributed by atoms with Gasteiger partial charge in [0.1, 0.15) is 12.1 Å². The van der Waals surface area contributed by atoms with Gasteiger partial charge < -0.3 is 20.1 Å². The SMILES string of the molecule is CC1(C)NC(=O)N(CC(=O)Nc2ccc3c(c2)OCCCO3)C1=O. The Morgan fingerprint density at radius 3 is 2.62 bits per heavy atom. The summed E-state index contributed by atoms with van der Waals surface area (Å²) in [5, 5.41) is 5.19. The molecule has 1 aromatic rings. The lowest BCUT2D eigenvalue weighted by Gasteiger charge is -2.16. The van der Waals surface area contributed by atoms with Gasteiger partial charge in [-0.05, 0) is 26.0 Å². The van der Waals surface area contributed by atoms with Gasteiger partial charge in [-0.1, -0.05) is 0 Å². The van der Waals surface area contributed by atoms with E-state index < -0.39 is 23.4 Å². The first kappa shape index (κ1) is 16.1. The number of hydrogen-bond donors (Lipinski definition) is 2. The maximum Gasteiger partial charge on any atom is 0.325 e. The summed E-state index contributed by atoms with van der Waals surface area (Å²) in [6.07, 6.45) is 0.790. The highest BCUT2D eigenvalue weighted by Crippen LogP contribution is 2.32. The molecule has 0 atom stereocenters. The highest BCUT2D eigenvalue weighted by atomic mass is 16.5. The number of anilines is 1. The molecule has 0 unspecified atom stereocenters. The number of carbonyl (C=O) groups is 3. The van der Waals surface area contributed by atoms with Crippen LogP contribution >= 0.6 is 0 Å². The zero-order chi connectivity index (χ0) is 17.3. The van der Waals surface area contributed by atoms with Gasteiger partial charge in [-0.15, -0.1) is 0 Å². The van der Waals surface area contributed by atoms with Crippen LogP contribution in [0.3, 0.4) is 0 Å². The van der Waals surface area contributed by atoms with Gasteiger partial charge in [0.25, 0.3) is 5.91 Å². The van der Waals surface area contributed by atoms with Crippen molar-refractivity contribution in [2.75, 3.05) is 25.1 Å². The number of hydrogen-bond acceptors (Lipinski definition) is 5. The van der Waals surface area contributed by atoms with Crippen LogP contribution in [0, 0.1) is 0 Å². The zero-order valence-corrected chi connectivity index (χ0v) is 13.5. The maximum atomic E-state index is 12.1. The molecule has 1 saturated heterocycles. The van der Waals surface area contributed by atoms with E-state index in [1.54, 1.807) is 32.0 Å². The number of nitrogens with zero attached hydrogens (tertiary/aromatic N) is 1. The number of nitrogens with one attached hydrogen (secondary N) is 2. The molecule has 1 fully saturated rings. The normalized spacial score (nSPS) is 18.8. The van der Waals surface area contributed by atoms with E-state index in [0.29, 0.717) is 30.4 Å². The van der Waals surface area contributed by atoms with E-state index in [2.05, 4.69) is 10.6 Å². The molecule has 0 aliphatic carbocycles. The van der Waals surface area contributed by atoms with E-state index in [-0.39, 0.29) is 6.54 Å². The summed E-state index contributed by atoms with van der Waals surface area (Å²) in [6, 6.07) is 4.49. The van der Waals surface area contributed by atoms with Gasteiger partial charge in [0.05, 0.1) is 13.2 Å². The van der Waals surface area contributed by atoms with Gasteiger partial charge in [-0.3, -0.25) is 14.5 Å². The molecule has 8 heteroatoms. The number of ether oxygens (including phenoxy) is 2. The Hall–Kier alpha value is -2.77. The quantitative estimate of drug-likeness (QED) is 0.808. The topological polar surface area (TPSA) is 97.0 Å². The molecule has 4 amide bonds. The van der Waals surface area contributed by atoms with E-state index in [4.69, 9.17) is 9.47 Å². The molecular formula is C16H19N3O5. The van der Waals surface area contributed by atoms with Crippen molar-refractivity contribution in [2.24, 2.45) is 0 Å². The number of fused-ring (bicyclic) bond motifs is 1. The molecule has 0 spiro atoms. The molecule has 8 nitrogen and oxygen atoms in total. The third-order valence-corrected chi connectivity index (χ3v) is 3.78. The first-order valence-electron chi connectivity index (χ1n) is 7.70. The third-order valence-electron chi connectivity index (χ3n) is 3.78. The minimum absolute atomic E-state index is 0.345. The van der Waals surface area contributed by atoms with Crippen LogP contribution in [-0.4, -0.2) is 48.0 Å². The Kier molecular flexibility index (Phi) is 4.04. The highest BCUT2D eigenvalue weighted by molar-refractivity contribution is 6.09. The smallest absolute Gasteiger partial charge is 0.325 e. The summed E-state index contributed by atoms with van der Waals surface area (Å²) >= 11 is 0. The first-order valence-corrected chi connectivity index (χ1v) is 7.70. The summed E-state index contributed by atoms with van der Waals surface area (Å²) < 4.78 is 11.1. The molecule has 24 heavy (non-hydrogen) atoms. The largest absolute Gasteiger partial charge is 0.490 e. The second-order valence-electron chi connectivity index (χ2n) is 6.21. The van der Waals surface area contributed by atoms with E-state index in [9.17, 15) is 14.4 Å². The molecule has 128 valence electrons. The molecule has 3 rings (SSSR count). The second-order valence-corrected chi connectivity index (χ2v) is 6.21. The second kappa shape index (κ2) is 6.03. The predicted octanol–water partition coefficient (Wildman–Crippen LogP) is 1.12. The van der Waals surface area contributed by atoms with Gasteiger partial charge in [-0.2, -0.15) is 0 Å². The molecule has 1 aromatic carbocycles. The third kappa shape index (κ3) is 3.12. The molecule has 2 N–H and O–H groups in total. The van der Waals surface area contributed by atoms with Crippen molar-refractivity contribution in [3.05, 3.63) is 18.2 Å². The lowest BCUT2D eigenvalue weighted by molar-refractivity contribution is -0.132. The monoisotopic (exact) mass is 333 g/mol. The molecular weight excluding hydrogens is 314 g/mol. The maximum absolute atomic E-state index is 12.1. The van der Waals surface area contributed by atoms with Gasteiger partial charge in [-0.25, -0.2) is 4.79 Å². The van der Waals surface area contributed by atoms with Gasteiger partial charge >= 0.3 is 6.03 Å². The number of urea groups is 1. The average molecular weight is 333 g/mol. The summed E-state index contributed by atoms with van der Waals surface area (Å²) in [7, 11) is 0. The minimum Gasteiger partial charge on any atom is -0.490 e. The fourth-order valence-corrected chi connectivity index (χ4v) is 2.55. The van der Waals surface area contributed by atoms with Crippen LogP contribution < -0.4 is 20.1 Å². The summed E-state index contributed by atoms with van der Waals surface area (Å²) in [6.45, 7) is 3.97. The average Bonchev–Trinajstić information content (AvgIpc) is 2.71. The highest BCUT2D eigenvalue weighted by Gasteiger charge is 2.44. The Morgan fingerprint density at radius 2 is 1.96 bits per heavy atom. The van der Waals surface area contributed by atoms with Crippen LogP contribution in [0.2, 0.25) is 0 Å². The van der Waals surface area contributed by atoms with E-state index in [1.165, 1.54) is 0 Å². The van der Waals surface area contributed by atoms with E-state index in [1.807, 2.05) is 0 Å². The van der Waals surface area contributed by atoms with Crippen LogP contribution in [0.1, 0.15) is 20.3 Å². The van der Waals surface area contributed by atoms with Crippen molar-refractivity contribution in [3.8, 4) is 11.5 Å². The van der Waals surface area contributed by atoms with Crippen molar-refractivity contribution in [3.63, 3.8) is 0 Å². The number of imide groups is 1. The lowest BCUT2D eigenvalue weighted by atomic mass is 10.1. The Bertz CT molecular complexity index is 701. The number of amides is 4. The minimum atomic E-state index is -0.993. The van der Waals surface area contributed by atoms with Gasteiger partial charge in [0, 0.05) is 18.2 Å². The summed E-state index contributed by atoms with van der Waals surface area (Å²) in [5.74, 6) is 0.287. The standard InChI is InChI=1S/C16H19N3O5/c1-16(2)14(21)19(15(22)18-16)9-13(20)17-10-4-5-11-12(8-10)24-7-3-6-23-11/h4-5,8H,3,6-7,9H2,1-2H3,(H,17,20)(H,18,22). The molecule has 2 aliphatic heterocycles. The molecule has 0 aromatic heterocycles. The van der Waals surface area contributed by atoms with Crippen molar-refractivity contribution in [2.45, 2.75) is 25.8 Å². The fraction of sp³-hybridized carbons (Fsp3) is 0.438. The van der Waals surface area contributed by atoms with E-state index in [0.717, 1.165) is 11.3 Å². The predicted molar refractivity (Wildman–Crippen MR) is 85.0 cm³/mol. The van der Waals surface area contributed by atoms with Crippen molar-refractivity contribution >= 4 is 23.5 Å². The van der Waals surface area contributed by atoms with Gasteiger partial charge in [0.2, 0.25) is 5.91 Å². The van der Waals surface area contributed by atoms with Crippen LogP contribution in [0.5, 0.6) is 11.5 Å². The Balaban J connectivity index is 1.66. The van der Waals surface area contributed by atoms with Crippen LogP contribution in [0.25, 0.3) is 0 Å². The van der Waals surface area contributed by atoms with Crippen molar-refractivity contribution in [1.29, 1.82) is 0 Å². The molecule has 2 heterocycles. The fourth-order valence-electron chi connectivity index (χ4n) is 2.55. The number of carbonyl (C=O) groups excluding carboxylic acids is 3. The Labute approximate surface area is 139 Å². The van der Waals surface area contributed by atoms with Crippen molar-refractivity contribution in [1.82, 2.24) is 10.2 Å². The van der Waals surface area contributed by atoms with E-state index >= 15 is 0 Å². The lowest BCUT2D eigenvalue weighted by Crippen LogP contribution is -2.41. The molecule has 2 aliphatic rings.